The molecule has 1 unspecified atom stereocenters. The minimum atomic E-state index is -3.99. The van der Waals surface area contributed by atoms with Gasteiger partial charge in [0, 0.05) is 23.6 Å². The predicted octanol–water partition coefficient (Wildman–Crippen LogP) is 4.92. The second-order valence-corrected chi connectivity index (χ2v) is 12.3. The van der Waals surface area contributed by atoms with Gasteiger partial charge < -0.3 is 4.98 Å². The Morgan fingerprint density at radius 3 is 2.50 bits per heavy atom. The van der Waals surface area contributed by atoms with Crippen LogP contribution in [-0.2, 0) is 26.0 Å². The first-order valence-electron chi connectivity index (χ1n) is 11.8. The van der Waals surface area contributed by atoms with Crippen molar-refractivity contribution in [2.45, 2.75) is 42.9 Å². The fraction of sp³-hybridized carbons (Fsp3) is 0.259. The van der Waals surface area contributed by atoms with Gasteiger partial charge in [-0.15, -0.1) is 11.3 Å². The molecule has 2 aromatic carbocycles. The molecule has 0 aliphatic carbocycles. The largest absolute Gasteiger partial charge is 0.361 e. The highest BCUT2D eigenvalue weighted by Crippen LogP contribution is 2.32. The van der Waals surface area contributed by atoms with Crippen molar-refractivity contribution in [3.05, 3.63) is 83.4 Å². The lowest BCUT2D eigenvalue weighted by atomic mass is 10.0. The molecule has 5 rings (SSSR count). The van der Waals surface area contributed by atoms with Crippen molar-refractivity contribution >= 4 is 49.8 Å². The van der Waals surface area contributed by atoms with Crippen LogP contribution >= 0.6 is 11.3 Å². The van der Waals surface area contributed by atoms with Gasteiger partial charge in [-0.25, -0.2) is 13.3 Å². The zero-order valence-electron chi connectivity index (χ0n) is 20.0. The number of sulfonamides is 1. The number of para-hydroxylation sites is 1. The molecular formula is C27H27N3O4S2. The van der Waals surface area contributed by atoms with Crippen molar-refractivity contribution in [3.8, 4) is 0 Å². The quantitative estimate of drug-likeness (QED) is 0.333. The van der Waals surface area contributed by atoms with E-state index in [1.165, 1.54) is 10.4 Å². The number of hydrogen-bond donors (Lipinski definition) is 1. The summed E-state index contributed by atoms with van der Waals surface area (Å²) in [5.41, 5.74) is 3.47. The average molecular weight is 522 g/mol. The third-order valence-electron chi connectivity index (χ3n) is 6.62. The Balaban J connectivity index is 1.47. The van der Waals surface area contributed by atoms with E-state index in [2.05, 4.69) is 18.8 Å². The summed E-state index contributed by atoms with van der Waals surface area (Å²) in [6.07, 6.45) is 2.07. The lowest BCUT2D eigenvalue weighted by Crippen LogP contribution is -2.46. The van der Waals surface area contributed by atoms with Gasteiger partial charge in [-0.05, 0) is 53.1 Å². The van der Waals surface area contributed by atoms with Gasteiger partial charge in [0.2, 0.25) is 5.91 Å². The Morgan fingerprint density at radius 2 is 1.81 bits per heavy atom. The van der Waals surface area contributed by atoms with Crippen LogP contribution in [0.1, 0.15) is 37.3 Å². The van der Waals surface area contributed by atoms with Crippen LogP contribution in [0.2, 0.25) is 0 Å². The number of aromatic nitrogens is 1. The summed E-state index contributed by atoms with van der Waals surface area (Å²) in [7, 11) is -3.99. The van der Waals surface area contributed by atoms with Gasteiger partial charge >= 0.3 is 0 Å². The normalized spacial score (nSPS) is 16.7. The number of nitrogens with one attached hydrogen (secondary N) is 1. The van der Waals surface area contributed by atoms with Gasteiger partial charge in [0.15, 0.2) is 0 Å². The number of aromatic amines is 1. The molecule has 2 amide bonds. The number of carbonyl (C=O) groups excluding carboxylic acids is 2. The minimum Gasteiger partial charge on any atom is -0.361 e. The molecule has 2 aromatic heterocycles. The molecule has 1 fully saturated rings. The number of hydrogen-bond acceptors (Lipinski definition) is 5. The molecular weight excluding hydrogens is 494 g/mol. The smallest absolute Gasteiger partial charge is 0.253 e. The van der Waals surface area contributed by atoms with Crippen molar-refractivity contribution in [3.63, 3.8) is 0 Å². The number of imide groups is 1. The molecule has 9 heteroatoms. The Kier molecular flexibility index (Phi) is 6.55. The summed E-state index contributed by atoms with van der Waals surface area (Å²) in [6, 6.07) is 17.2. The molecule has 1 aliphatic rings. The Bertz CT molecular complexity index is 1510. The van der Waals surface area contributed by atoms with Crippen LogP contribution < -0.4 is 4.90 Å². The molecule has 4 aromatic rings. The van der Waals surface area contributed by atoms with E-state index >= 15 is 0 Å². The number of carbonyl (C=O) groups is 2. The Morgan fingerprint density at radius 1 is 1.06 bits per heavy atom. The monoisotopic (exact) mass is 521 g/mol. The third-order valence-corrected chi connectivity index (χ3v) is 9.90. The van der Waals surface area contributed by atoms with Gasteiger partial charge in [-0.3, -0.25) is 9.59 Å². The number of thiophene rings is 1. The fourth-order valence-electron chi connectivity index (χ4n) is 4.66. The first kappa shape index (κ1) is 24.4. The second-order valence-electron chi connectivity index (χ2n) is 9.19. The van der Waals surface area contributed by atoms with E-state index in [1.54, 1.807) is 23.6 Å². The van der Waals surface area contributed by atoms with Crippen molar-refractivity contribution in [2.24, 2.45) is 0 Å². The fourth-order valence-corrected chi connectivity index (χ4v) is 7.36. The van der Waals surface area contributed by atoms with E-state index in [4.69, 9.17) is 0 Å². The zero-order chi connectivity index (χ0) is 25.4. The van der Waals surface area contributed by atoms with Gasteiger partial charge in [-0.2, -0.15) is 4.31 Å². The summed E-state index contributed by atoms with van der Waals surface area (Å²) in [6.45, 7) is 4.21. The van der Waals surface area contributed by atoms with Gasteiger partial charge in [0.05, 0.1) is 12.1 Å². The summed E-state index contributed by atoms with van der Waals surface area (Å²) in [5.74, 6) is -0.607. The van der Waals surface area contributed by atoms with E-state index in [0.29, 0.717) is 18.0 Å². The van der Waals surface area contributed by atoms with Gasteiger partial charge in [0.1, 0.15) is 10.3 Å². The van der Waals surface area contributed by atoms with Crippen LogP contribution in [0.5, 0.6) is 0 Å². The minimum absolute atomic E-state index is 0.0753. The maximum absolute atomic E-state index is 13.7. The standard InChI is InChI=1S/C27H27N3O4S2/c1-18(2)19-9-11-21(12-10-19)30-25(31)16-24(27(30)32)29(36(33,34)26-8-5-15-35-26)14-13-20-17-28-23-7-4-3-6-22(20)23/h3-12,15,17-18,24,28H,13-14,16H2,1-2H3. The van der Waals surface area contributed by atoms with Crippen LogP contribution in [0.25, 0.3) is 10.9 Å². The summed E-state index contributed by atoms with van der Waals surface area (Å²) in [4.78, 5) is 30.9. The number of amides is 2. The predicted molar refractivity (Wildman–Crippen MR) is 142 cm³/mol. The lowest BCUT2D eigenvalue weighted by molar-refractivity contribution is -0.122. The van der Waals surface area contributed by atoms with E-state index in [9.17, 15) is 18.0 Å². The van der Waals surface area contributed by atoms with E-state index < -0.39 is 27.9 Å². The molecule has 186 valence electrons. The average Bonchev–Trinajstić information content (AvgIpc) is 3.60. The number of fused-ring (bicyclic) bond motifs is 1. The van der Waals surface area contributed by atoms with E-state index in [0.717, 1.165) is 38.3 Å². The highest BCUT2D eigenvalue weighted by atomic mass is 32.2. The zero-order valence-corrected chi connectivity index (χ0v) is 21.7. The van der Waals surface area contributed by atoms with Crippen molar-refractivity contribution in [1.82, 2.24) is 9.29 Å². The maximum atomic E-state index is 13.7. The van der Waals surface area contributed by atoms with E-state index in [-0.39, 0.29) is 17.2 Å². The topological polar surface area (TPSA) is 90.6 Å². The van der Waals surface area contributed by atoms with Crippen molar-refractivity contribution < 1.29 is 18.0 Å². The molecule has 0 bridgehead atoms. The molecule has 1 atom stereocenters. The number of rotatable bonds is 8. The second kappa shape index (κ2) is 9.65. The highest BCUT2D eigenvalue weighted by Gasteiger charge is 2.47. The van der Waals surface area contributed by atoms with Crippen LogP contribution in [0.3, 0.4) is 0 Å². The number of benzene rings is 2. The van der Waals surface area contributed by atoms with Crippen LogP contribution in [0.4, 0.5) is 5.69 Å². The van der Waals surface area contributed by atoms with Gasteiger partial charge in [-0.1, -0.05) is 50.2 Å². The third kappa shape index (κ3) is 4.38. The molecule has 3 heterocycles. The summed E-state index contributed by atoms with van der Waals surface area (Å²) in [5, 5.41) is 2.70. The van der Waals surface area contributed by atoms with Crippen molar-refractivity contribution in [2.75, 3.05) is 11.4 Å². The first-order chi connectivity index (χ1) is 17.3. The van der Waals surface area contributed by atoms with Crippen LogP contribution in [0.15, 0.2) is 76.4 Å². The molecule has 1 N–H and O–H groups in total. The first-order valence-corrected chi connectivity index (χ1v) is 14.2. The SMILES string of the molecule is CC(C)c1ccc(N2C(=O)CC(N(CCc3c[nH]c4ccccc34)S(=O)(=O)c3cccs3)C2=O)cc1. The lowest BCUT2D eigenvalue weighted by Gasteiger charge is -2.26. The summed E-state index contributed by atoms with van der Waals surface area (Å²) < 4.78 is 28.7. The van der Waals surface area contributed by atoms with Crippen LogP contribution in [0, 0.1) is 0 Å². The molecule has 1 aliphatic heterocycles. The van der Waals surface area contributed by atoms with Crippen molar-refractivity contribution in [1.29, 1.82) is 0 Å². The molecule has 0 spiro atoms. The molecule has 1 saturated heterocycles. The maximum Gasteiger partial charge on any atom is 0.253 e. The molecule has 0 saturated carbocycles. The highest BCUT2D eigenvalue weighted by molar-refractivity contribution is 7.91. The Labute approximate surface area is 214 Å². The number of H-pyrrole nitrogens is 1. The molecule has 36 heavy (non-hydrogen) atoms. The molecule has 0 radical (unpaired) electrons. The molecule has 7 nitrogen and oxygen atoms in total. The van der Waals surface area contributed by atoms with Crippen LogP contribution in [-0.4, -0.2) is 42.1 Å². The van der Waals surface area contributed by atoms with E-state index in [1.807, 2.05) is 42.6 Å². The number of anilines is 1. The summed E-state index contributed by atoms with van der Waals surface area (Å²) >= 11 is 1.10. The van der Waals surface area contributed by atoms with Gasteiger partial charge in [0.25, 0.3) is 15.9 Å². The Hall–Kier alpha value is -3.27. The number of nitrogens with zero attached hydrogens (tertiary/aromatic N) is 2.